The molecule has 7 heteroatoms. The van der Waals surface area contributed by atoms with Gasteiger partial charge in [0.05, 0.1) is 31.6 Å². The monoisotopic (exact) mass is 410 g/mol. The first-order valence-electron chi connectivity index (χ1n) is 10.9. The number of aliphatic imine (C=N–C) groups is 1. The number of nitrogens with zero attached hydrogens (tertiary/aromatic N) is 2. The predicted octanol–water partition coefficient (Wildman–Crippen LogP) is 1.57. The van der Waals surface area contributed by atoms with Gasteiger partial charge in [-0.3, -0.25) is 19.5 Å². The Morgan fingerprint density at radius 3 is 2.47 bits per heavy atom. The van der Waals surface area contributed by atoms with Crippen LogP contribution in [0.4, 0.5) is 0 Å². The zero-order valence-corrected chi connectivity index (χ0v) is 17.4. The molecule has 2 aliphatic carbocycles. The second kappa shape index (κ2) is 9.43. The van der Waals surface area contributed by atoms with Crippen LogP contribution in [0.1, 0.15) is 18.9 Å². The number of benzene rings is 1. The van der Waals surface area contributed by atoms with Crippen LogP contribution in [0.15, 0.2) is 47.5 Å². The molecule has 1 aliphatic heterocycles. The minimum atomic E-state index is -0.129. The third-order valence-corrected chi connectivity index (χ3v) is 6.15. The predicted molar refractivity (Wildman–Crippen MR) is 115 cm³/mol. The molecule has 160 valence electrons. The van der Waals surface area contributed by atoms with Crippen LogP contribution < -0.4 is 10.6 Å². The Morgan fingerprint density at radius 1 is 1.10 bits per heavy atom. The molecule has 0 radical (unpaired) electrons. The van der Waals surface area contributed by atoms with E-state index in [-0.39, 0.29) is 35.5 Å². The van der Waals surface area contributed by atoms with Crippen molar-refractivity contribution in [3.63, 3.8) is 0 Å². The highest BCUT2D eigenvalue weighted by molar-refractivity contribution is 6.06. The van der Waals surface area contributed by atoms with E-state index in [1.165, 1.54) is 4.90 Å². The van der Waals surface area contributed by atoms with Gasteiger partial charge in [-0.05, 0) is 30.7 Å². The SMILES string of the molecule is CCNC(=NCCOCc1ccccc1)NCCN1C(=O)C2C3C=CC(C3)C2C1=O. The number of carbonyl (C=O) groups excluding carboxylic acids is 2. The molecule has 7 nitrogen and oxygen atoms in total. The molecule has 2 amide bonds. The van der Waals surface area contributed by atoms with Gasteiger partial charge < -0.3 is 15.4 Å². The molecule has 4 unspecified atom stereocenters. The fraction of sp³-hybridized carbons (Fsp3) is 0.522. The van der Waals surface area contributed by atoms with Gasteiger partial charge in [0.25, 0.3) is 0 Å². The third kappa shape index (κ3) is 4.26. The number of hydrogen-bond acceptors (Lipinski definition) is 4. The van der Waals surface area contributed by atoms with Crippen molar-refractivity contribution in [3.8, 4) is 0 Å². The standard InChI is InChI=1S/C23H30N4O3/c1-2-24-23(26-11-13-30-15-16-6-4-3-5-7-16)25-10-12-27-21(28)19-17-8-9-18(14-17)20(19)22(27)29/h3-9,17-20H,2,10-15H2,1H3,(H2,24,25,26). The summed E-state index contributed by atoms with van der Waals surface area (Å²) in [5.41, 5.74) is 1.14. The van der Waals surface area contributed by atoms with Gasteiger partial charge in [-0.1, -0.05) is 42.5 Å². The molecule has 1 aromatic rings. The Morgan fingerprint density at radius 2 is 1.80 bits per heavy atom. The molecular weight excluding hydrogens is 380 g/mol. The maximum atomic E-state index is 12.7. The van der Waals surface area contributed by atoms with Crippen LogP contribution in [0.25, 0.3) is 0 Å². The lowest BCUT2D eigenvalue weighted by molar-refractivity contribution is -0.140. The summed E-state index contributed by atoms with van der Waals surface area (Å²) in [6.07, 6.45) is 5.20. The summed E-state index contributed by atoms with van der Waals surface area (Å²) in [4.78, 5) is 31.4. The van der Waals surface area contributed by atoms with Crippen LogP contribution in [0.5, 0.6) is 0 Å². The van der Waals surface area contributed by atoms with Crippen molar-refractivity contribution >= 4 is 17.8 Å². The fourth-order valence-corrected chi connectivity index (χ4v) is 4.80. The highest BCUT2D eigenvalue weighted by Gasteiger charge is 2.58. The highest BCUT2D eigenvalue weighted by atomic mass is 16.5. The number of fused-ring (bicyclic) bond motifs is 5. The number of likely N-dealkylation sites (tertiary alicyclic amines) is 1. The van der Waals surface area contributed by atoms with E-state index in [1.54, 1.807) is 0 Å². The Kier molecular flexibility index (Phi) is 6.47. The first kappa shape index (κ1) is 20.6. The Bertz CT molecular complexity index is 793. The molecule has 30 heavy (non-hydrogen) atoms. The number of rotatable bonds is 9. The number of ether oxygens (including phenoxy) is 1. The van der Waals surface area contributed by atoms with Crippen LogP contribution in [0, 0.1) is 23.7 Å². The van der Waals surface area contributed by atoms with E-state index in [4.69, 9.17) is 4.74 Å². The molecule has 0 aromatic heterocycles. The van der Waals surface area contributed by atoms with Crippen LogP contribution in [-0.2, 0) is 20.9 Å². The van der Waals surface area contributed by atoms with Crippen molar-refractivity contribution in [2.24, 2.45) is 28.7 Å². The van der Waals surface area contributed by atoms with Gasteiger partial charge in [-0.15, -0.1) is 0 Å². The zero-order valence-electron chi connectivity index (χ0n) is 17.4. The van der Waals surface area contributed by atoms with E-state index in [9.17, 15) is 9.59 Å². The third-order valence-electron chi connectivity index (χ3n) is 6.15. The minimum Gasteiger partial charge on any atom is -0.375 e. The van der Waals surface area contributed by atoms with Crippen LogP contribution >= 0.6 is 0 Å². The lowest BCUT2D eigenvalue weighted by atomic mass is 9.85. The average molecular weight is 411 g/mol. The van der Waals surface area contributed by atoms with E-state index >= 15 is 0 Å². The number of imide groups is 1. The van der Waals surface area contributed by atoms with E-state index in [0.29, 0.717) is 38.8 Å². The molecule has 1 aromatic carbocycles. The lowest BCUT2D eigenvalue weighted by Crippen LogP contribution is -2.43. The van der Waals surface area contributed by atoms with Gasteiger partial charge >= 0.3 is 0 Å². The van der Waals surface area contributed by atoms with Gasteiger partial charge in [0.15, 0.2) is 5.96 Å². The van der Waals surface area contributed by atoms with Gasteiger partial charge in [0.1, 0.15) is 0 Å². The second-order valence-electron chi connectivity index (χ2n) is 8.05. The van der Waals surface area contributed by atoms with E-state index in [1.807, 2.05) is 37.3 Å². The molecule has 1 saturated heterocycles. The fourth-order valence-electron chi connectivity index (χ4n) is 4.80. The molecule has 4 rings (SSSR count). The number of guanidine groups is 1. The molecule has 4 atom stereocenters. The number of nitrogens with one attached hydrogen (secondary N) is 2. The average Bonchev–Trinajstić information content (AvgIpc) is 3.44. The van der Waals surface area contributed by atoms with Crippen molar-refractivity contribution in [2.75, 3.05) is 32.8 Å². The molecule has 2 N–H and O–H groups in total. The maximum Gasteiger partial charge on any atom is 0.233 e. The summed E-state index contributed by atoms with van der Waals surface area (Å²) >= 11 is 0. The quantitative estimate of drug-likeness (QED) is 0.212. The maximum absolute atomic E-state index is 12.7. The summed E-state index contributed by atoms with van der Waals surface area (Å²) in [7, 11) is 0. The summed E-state index contributed by atoms with van der Waals surface area (Å²) in [6, 6.07) is 10.0. The Labute approximate surface area is 177 Å². The van der Waals surface area contributed by atoms with Crippen molar-refractivity contribution < 1.29 is 14.3 Å². The second-order valence-corrected chi connectivity index (χ2v) is 8.05. The summed E-state index contributed by atoms with van der Waals surface area (Å²) in [5, 5.41) is 6.41. The van der Waals surface area contributed by atoms with Crippen molar-refractivity contribution in [1.82, 2.24) is 15.5 Å². The lowest BCUT2D eigenvalue weighted by Gasteiger charge is -2.18. The van der Waals surface area contributed by atoms with Gasteiger partial charge in [-0.2, -0.15) is 0 Å². The summed E-state index contributed by atoms with van der Waals surface area (Å²) in [5.74, 6) is 0.919. The molecule has 2 fully saturated rings. The van der Waals surface area contributed by atoms with Crippen molar-refractivity contribution in [3.05, 3.63) is 48.0 Å². The minimum absolute atomic E-state index is 0.0000912. The molecule has 1 saturated carbocycles. The first-order chi connectivity index (χ1) is 14.7. The molecule has 2 bridgehead atoms. The van der Waals surface area contributed by atoms with Crippen LogP contribution in [0.3, 0.4) is 0 Å². The molecule has 3 aliphatic rings. The Balaban J connectivity index is 1.21. The van der Waals surface area contributed by atoms with Gasteiger partial charge in [-0.25, -0.2) is 0 Å². The van der Waals surface area contributed by atoms with Crippen molar-refractivity contribution in [1.29, 1.82) is 0 Å². The number of carbonyl (C=O) groups is 2. The largest absolute Gasteiger partial charge is 0.375 e. The Hall–Kier alpha value is -2.67. The van der Waals surface area contributed by atoms with E-state index in [0.717, 1.165) is 18.5 Å². The topological polar surface area (TPSA) is 83.0 Å². The molecular formula is C23H30N4O3. The van der Waals surface area contributed by atoms with Crippen LogP contribution in [0.2, 0.25) is 0 Å². The van der Waals surface area contributed by atoms with Gasteiger partial charge in [0, 0.05) is 19.6 Å². The van der Waals surface area contributed by atoms with E-state index < -0.39 is 0 Å². The molecule has 1 heterocycles. The number of allylic oxidation sites excluding steroid dienone is 2. The molecule has 0 spiro atoms. The summed E-state index contributed by atoms with van der Waals surface area (Å²) in [6.45, 7) is 5.21. The highest BCUT2D eigenvalue weighted by Crippen LogP contribution is 2.52. The smallest absolute Gasteiger partial charge is 0.233 e. The van der Waals surface area contributed by atoms with Crippen LogP contribution in [-0.4, -0.2) is 55.5 Å². The zero-order chi connectivity index (χ0) is 20.9. The van der Waals surface area contributed by atoms with Gasteiger partial charge in [0.2, 0.25) is 11.8 Å². The normalized spacial score (nSPS) is 27.1. The number of amides is 2. The summed E-state index contributed by atoms with van der Waals surface area (Å²) < 4.78 is 5.66. The first-order valence-corrected chi connectivity index (χ1v) is 10.9. The van der Waals surface area contributed by atoms with E-state index in [2.05, 4.69) is 27.8 Å². The number of hydrogen-bond donors (Lipinski definition) is 2. The van der Waals surface area contributed by atoms with Crippen molar-refractivity contribution in [2.45, 2.75) is 20.0 Å².